The number of fused-ring (bicyclic) bond motifs is 1. The van der Waals surface area contributed by atoms with Crippen LogP contribution < -0.4 is 10.9 Å². The summed E-state index contributed by atoms with van der Waals surface area (Å²) in [6.07, 6.45) is 6.40. The van der Waals surface area contributed by atoms with E-state index in [-0.39, 0.29) is 17.0 Å². The molecule has 1 fully saturated rings. The van der Waals surface area contributed by atoms with E-state index in [2.05, 4.69) is 16.9 Å². The lowest BCUT2D eigenvalue weighted by Crippen LogP contribution is -2.28. The molecule has 0 radical (unpaired) electrons. The predicted octanol–water partition coefficient (Wildman–Crippen LogP) is 3.60. The molecule has 0 atom stereocenters. The number of pyridine rings is 1. The number of furan rings is 1. The number of nitrogens with zero attached hydrogens (tertiary/aromatic N) is 3. The molecule has 1 N–H and O–H groups in total. The summed E-state index contributed by atoms with van der Waals surface area (Å²) >= 11 is 6.45. The Bertz CT molecular complexity index is 1250. The number of hydrogen-bond donors (Lipinski definition) is 1. The topological polar surface area (TPSA) is 79.8 Å². The Hall–Kier alpha value is -3.17. The maximum absolute atomic E-state index is 13.3. The van der Waals surface area contributed by atoms with Gasteiger partial charge in [-0.15, -0.1) is 6.58 Å². The van der Waals surface area contributed by atoms with Crippen LogP contribution in [0.3, 0.4) is 0 Å². The van der Waals surface area contributed by atoms with Gasteiger partial charge >= 0.3 is 0 Å². The molecule has 7 nitrogen and oxygen atoms in total. The molecule has 0 aliphatic carbocycles. The van der Waals surface area contributed by atoms with Crippen molar-refractivity contribution in [1.82, 2.24) is 14.3 Å². The highest BCUT2D eigenvalue weighted by Crippen LogP contribution is 2.33. The van der Waals surface area contributed by atoms with Crippen LogP contribution in [0.2, 0.25) is 0 Å². The Morgan fingerprint density at radius 3 is 2.90 bits per heavy atom. The highest BCUT2D eigenvalue weighted by molar-refractivity contribution is 8.26. The van der Waals surface area contributed by atoms with Gasteiger partial charge in [-0.1, -0.05) is 36.1 Å². The summed E-state index contributed by atoms with van der Waals surface area (Å²) in [6, 6.07) is 7.29. The van der Waals surface area contributed by atoms with Crippen molar-refractivity contribution >= 4 is 51.7 Å². The van der Waals surface area contributed by atoms with Crippen LogP contribution >= 0.6 is 24.0 Å². The number of hydrogen-bond acceptors (Lipinski definition) is 7. The molecule has 0 unspecified atom stereocenters. The Kier molecular flexibility index (Phi) is 5.56. The van der Waals surface area contributed by atoms with Crippen molar-refractivity contribution in [3.63, 3.8) is 0 Å². The molecular formula is C21H18N4O3S2. The number of carbonyl (C=O) groups excluding carboxylic acids is 1. The fourth-order valence-electron chi connectivity index (χ4n) is 3.08. The number of thiocarbonyl (C=S) groups is 1. The average molecular weight is 439 g/mol. The van der Waals surface area contributed by atoms with Gasteiger partial charge in [0.15, 0.2) is 0 Å². The molecule has 9 heteroatoms. The fourth-order valence-corrected chi connectivity index (χ4v) is 4.33. The van der Waals surface area contributed by atoms with E-state index < -0.39 is 0 Å². The quantitative estimate of drug-likeness (QED) is 0.358. The van der Waals surface area contributed by atoms with E-state index in [4.69, 9.17) is 16.6 Å². The number of aromatic nitrogens is 2. The minimum Gasteiger partial charge on any atom is -0.467 e. The lowest BCUT2D eigenvalue weighted by molar-refractivity contribution is -0.121. The summed E-state index contributed by atoms with van der Waals surface area (Å²) in [5.74, 6) is 0.820. The van der Waals surface area contributed by atoms with Gasteiger partial charge in [-0.05, 0) is 36.8 Å². The maximum Gasteiger partial charge on any atom is 0.267 e. The van der Waals surface area contributed by atoms with Crippen molar-refractivity contribution in [3.05, 3.63) is 81.5 Å². The minimum atomic E-state index is -0.278. The number of thioether (sulfide) groups is 1. The first-order valence-electron chi connectivity index (χ1n) is 9.14. The van der Waals surface area contributed by atoms with Crippen LogP contribution in [0.1, 0.15) is 16.9 Å². The number of anilines is 1. The Morgan fingerprint density at radius 1 is 1.33 bits per heavy atom. The van der Waals surface area contributed by atoms with Crippen molar-refractivity contribution in [2.45, 2.75) is 13.5 Å². The lowest BCUT2D eigenvalue weighted by atomic mass is 10.2. The van der Waals surface area contributed by atoms with Gasteiger partial charge in [0.1, 0.15) is 21.5 Å². The molecule has 3 aromatic rings. The molecule has 0 bridgehead atoms. The van der Waals surface area contributed by atoms with E-state index in [9.17, 15) is 9.59 Å². The van der Waals surface area contributed by atoms with Gasteiger partial charge in [-0.3, -0.25) is 18.9 Å². The second kappa shape index (κ2) is 8.29. The third-order valence-corrected chi connectivity index (χ3v) is 5.93. The molecule has 0 spiro atoms. The fraction of sp³-hybridized carbons (Fsp3) is 0.143. The number of aryl methyl sites for hydroxylation is 1. The third-order valence-electron chi connectivity index (χ3n) is 4.56. The monoisotopic (exact) mass is 438 g/mol. The first-order valence-corrected chi connectivity index (χ1v) is 10.4. The first-order chi connectivity index (χ1) is 14.5. The maximum atomic E-state index is 13.3. The van der Waals surface area contributed by atoms with E-state index in [0.29, 0.717) is 39.5 Å². The first kappa shape index (κ1) is 20.1. The molecule has 0 saturated carbocycles. The van der Waals surface area contributed by atoms with Crippen LogP contribution in [-0.2, 0) is 11.3 Å². The second-order valence-electron chi connectivity index (χ2n) is 6.58. The largest absolute Gasteiger partial charge is 0.467 e. The summed E-state index contributed by atoms with van der Waals surface area (Å²) in [7, 11) is 0. The van der Waals surface area contributed by atoms with Crippen molar-refractivity contribution in [2.24, 2.45) is 0 Å². The SMILES string of the molecule is C=CCN1C(=O)/C(=C\c2c(NCc3ccco3)nc3c(C)cccn3c2=O)SC1=S. The van der Waals surface area contributed by atoms with Gasteiger partial charge < -0.3 is 9.73 Å². The number of carbonyl (C=O) groups is 1. The van der Waals surface area contributed by atoms with Gasteiger partial charge in [-0.2, -0.15) is 0 Å². The van der Waals surface area contributed by atoms with Crippen molar-refractivity contribution in [3.8, 4) is 0 Å². The van der Waals surface area contributed by atoms with Crippen molar-refractivity contribution in [2.75, 3.05) is 11.9 Å². The number of rotatable bonds is 6. The Morgan fingerprint density at radius 2 is 2.17 bits per heavy atom. The van der Waals surface area contributed by atoms with Crippen LogP contribution in [0.25, 0.3) is 11.7 Å². The highest BCUT2D eigenvalue weighted by Gasteiger charge is 2.31. The van der Waals surface area contributed by atoms with Crippen molar-refractivity contribution in [1.29, 1.82) is 0 Å². The van der Waals surface area contributed by atoms with Crippen LogP contribution in [0, 0.1) is 6.92 Å². The lowest BCUT2D eigenvalue weighted by Gasteiger charge is -2.12. The molecular weight excluding hydrogens is 420 g/mol. The molecule has 1 saturated heterocycles. The number of nitrogens with one attached hydrogen (secondary N) is 1. The molecule has 4 heterocycles. The van der Waals surface area contributed by atoms with Gasteiger partial charge in [0.25, 0.3) is 11.5 Å². The summed E-state index contributed by atoms with van der Waals surface area (Å²) in [5.41, 5.74) is 1.41. The molecule has 0 aromatic carbocycles. The van der Waals surface area contributed by atoms with Gasteiger partial charge in [0.2, 0.25) is 0 Å². The smallest absolute Gasteiger partial charge is 0.267 e. The Balaban J connectivity index is 1.83. The molecule has 3 aromatic heterocycles. The normalized spacial score (nSPS) is 15.4. The zero-order chi connectivity index (χ0) is 21.3. The Labute approximate surface area is 182 Å². The molecule has 1 amide bonds. The summed E-state index contributed by atoms with van der Waals surface area (Å²) in [4.78, 5) is 32.5. The zero-order valence-electron chi connectivity index (χ0n) is 16.1. The van der Waals surface area contributed by atoms with Crippen LogP contribution in [0.15, 0.2) is 63.5 Å². The van der Waals surface area contributed by atoms with E-state index in [0.717, 1.165) is 17.3 Å². The predicted molar refractivity (Wildman–Crippen MR) is 122 cm³/mol. The van der Waals surface area contributed by atoms with Crippen LogP contribution in [0.4, 0.5) is 5.82 Å². The van der Waals surface area contributed by atoms with E-state index in [1.165, 1.54) is 9.30 Å². The molecule has 30 heavy (non-hydrogen) atoms. The summed E-state index contributed by atoms with van der Waals surface area (Å²) in [5, 5.41) is 3.17. The minimum absolute atomic E-state index is 0.254. The molecule has 152 valence electrons. The second-order valence-corrected chi connectivity index (χ2v) is 8.25. The van der Waals surface area contributed by atoms with Crippen LogP contribution in [0.5, 0.6) is 0 Å². The number of amides is 1. The molecule has 4 rings (SSSR count). The third kappa shape index (κ3) is 3.69. The summed E-state index contributed by atoms with van der Waals surface area (Å²) < 4.78 is 7.27. The van der Waals surface area contributed by atoms with Crippen LogP contribution in [-0.4, -0.2) is 31.1 Å². The van der Waals surface area contributed by atoms with Gasteiger partial charge in [0, 0.05) is 12.7 Å². The van der Waals surface area contributed by atoms with E-state index in [1.807, 2.05) is 19.1 Å². The van der Waals surface area contributed by atoms with E-state index >= 15 is 0 Å². The standard InChI is InChI=1S/C21H18N4O3S2/c1-3-8-25-20(27)16(30-21(25)29)11-15-17(22-12-14-7-5-10-28-14)23-18-13(2)6-4-9-24(18)19(15)26/h3-7,9-11,22H,1,8,12H2,2H3/b16-11+. The average Bonchev–Trinajstić information content (AvgIpc) is 3.34. The zero-order valence-corrected chi connectivity index (χ0v) is 17.8. The molecule has 1 aliphatic rings. The summed E-state index contributed by atoms with van der Waals surface area (Å²) in [6.45, 7) is 6.21. The van der Waals surface area contributed by atoms with Crippen molar-refractivity contribution < 1.29 is 9.21 Å². The van der Waals surface area contributed by atoms with Gasteiger partial charge in [-0.25, -0.2) is 4.98 Å². The highest BCUT2D eigenvalue weighted by atomic mass is 32.2. The van der Waals surface area contributed by atoms with E-state index in [1.54, 1.807) is 36.7 Å². The van der Waals surface area contributed by atoms with Gasteiger partial charge in [0.05, 0.1) is 23.3 Å². The molecule has 1 aliphatic heterocycles.